The molecule has 0 spiro atoms. The van der Waals surface area contributed by atoms with Gasteiger partial charge in [0.2, 0.25) is 0 Å². The molecule has 3 aromatic carbocycles. The number of hydrogen-bond donors (Lipinski definition) is 0. The summed E-state index contributed by atoms with van der Waals surface area (Å²) in [4.78, 5) is 0. The second-order valence-corrected chi connectivity index (χ2v) is 12.2. The fraction of sp³-hybridized carbons (Fsp3) is 0.118. The Balaban J connectivity index is 2.38. The van der Waals surface area contributed by atoms with E-state index in [4.69, 9.17) is 0 Å². The smallest absolute Gasteiger partial charge is 0.178 e. The molecule has 0 bridgehead atoms. The zero-order chi connectivity index (χ0) is 36.1. The fourth-order valence-corrected chi connectivity index (χ4v) is 6.79. The van der Waals surface area contributed by atoms with Gasteiger partial charge in [-0.15, -0.1) is 27.7 Å². The molecule has 3 atom stereocenters. The summed E-state index contributed by atoms with van der Waals surface area (Å²) in [5.41, 5.74) is -5.02. The Morgan fingerprint density at radius 1 is 0.417 bits per heavy atom. The summed E-state index contributed by atoms with van der Waals surface area (Å²) < 4.78 is 77.1. The lowest BCUT2D eigenvalue weighted by Crippen LogP contribution is -2.23. The van der Waals surface area contributed by atoms with E-state index in [1.54, 1.807) is 41.3 Å². The van der Waals surface area contributed by atoms with Gasteiger partial charge in [-0.1, -0.05) is 0 Å². The van der Waals surface area contributed by atoms with Crippen molar-refractivity contribution in [3.05, 3.63) is 101 Å². The van der Waals surface area contributed by atoms with Gasteiger partial charge in [-0.05, 0) is 60.6 Å². The van der Waals surface area contributed by atoms with Crippen molar-refractivity contribution in [2.45, 2.75) is 27.7 Å². The average Bonchev–Trinajstić information content (AvgIpc) is 3.78. The van der Waals surface area contributed by atoms with Gasteiger partial charge in [-0.2, -0.15) is 31.6 Å². The number of benzene rings is 3. The van der Waals surface area contributed by atoms with Gasteiger partial charge in [0.25, 0.3) is 0 Å². The second-order valence-electron chi connectivity index (χ2n) is 10.5. The number of rotatable bonds is 3. The van der Waals surface area contributed by atoms with Crippen LogP contribution in [0.4, 0.5) is 22.0 Å². The molecule has 1 saturated carbocycles. The molecule has 6 nitrogen and oxygen atoms in total. The van der Waals surface area contributed by atoms with Crippen LogP contribution in [-0.2, 0) is 0 Å². The van der Waals surface area contributed by atoms with Gasteiger partial charge in [0.1, 0.15) is 47.8 Å². The zero-order valence-electron chi connectivity index (χ0n) is 25.3. The largest absolute Gasteiger partial charge is 0.205 e. The van der Waals surface area contributed by atoms with E-state index in [0.717, 1.165) is 0 Å². The highest BCUT2D eigenvalue weighted by Crippen LogP contribution is 2.57. The summed E-state index contributed by atoms with van der Waals surface area (Å²) in [6.07, 6.45) is 0. The molecule has 0 heterocycles. The van der Waals surface area contributed by atoms with Crippen LogP contribution in [0.2, 0.25) is 0 Å². The predicted molar refractivity (Wildman–Crippen MR) is 178 cm³/mol. The molecule has 14 heteroatoms. The molecule has 234 valence electrons. The molecule has 48 heavy (non-hydrogen) atoms. The summed E-state index contributed by atoms with van der Waals surface area (Å²) >= 11 is 0. The van der Waals surface area contributed by atoms with E-state index in [0.29, 0.717) is 21.7 Å². The van der Waals surface area contributed by atoms with Crippen LogP contribution in [0.25, 0.3) is 16.7 Å². The van der Waals surface area contributed by atoms with E-state index < -0.39 is 73.4 Å². The third-order valence-electron chi connectivity index (χ3n) is 8.30. The molecule has 1 aliphatic carbocycles. The topological polar surface area (TPSA) is 143 Å². The molecule has 0 aliphatic heterocycles. The molecule has 0 N–H and O–H groups in total. The molecule has 3 unspecified atom stereocenters. The Labute approximate surface area is 278 Å². The molecule has 1 fully saturated rings. The second kappa shape index (κ2) is 13.1. The monoisotopic (exact) mass is 698 g/mol. The van der Waals surface area contributed by atoms with Gasteiger partial charge in [0, 0.05) is 33.2 Å². The molecular formula is C34H18F5N6P3. The Hall–Kier alpha value is -5.24. The van der Waals surface area contributed by atoms with E-state index >= 15 is 22.0 Å². The maximum Gasteiger partial charge on any atom is 0.178 e. The zero-order valence-corrected chi connectivity index (χ0v) is 28.8. The van der Waals surface area contributed by atoms with Crippen LogP contribution in [0.1, 0.15) is 55.6 Å². The molecule has 0 saturated heterocycles. The van der Waals surface area contributed by atoms with E-state index in [-0.39, 0.29) is 39.0 Å². The summed E-state index contributed by atoms with van der Waals surface area (Å²) in [5.74, 6) is -8.35. The van der Waals surface area contributed by atoms with Crippen molar-refractivity contribution in [2.24, 2.45) is 0 Å². The van der Waals surface area contributed by atoms with Gasteiger partial charge in [0.15, 0.2) is 23.3 Å². The first-order chi connectivity index (χ1) is 22.6. The predicted octanol–water partition coefficient (Wildman–Crippen LogP) is 5.98. The minimum absolute atomic E-state index is 0.0187. The van der Waals surface area contributed by atoms with Crippen molar-refractivity contribution >= 4 is 60.4 Å². The highest BCUT2D eigenvalue weighted by Gasteiger charge is 2.44. The van der Waals surface area contributed by atoms with Crippen LogP contribution < -0.4 is 15.9 Å². The van der Waals surface area contributed by atoms with Crippen LogP contribution in [0.15, 0.2) is 16.7 Å². The highest BCUT2D eigenvalue weighted by atomic mass is 31.0. The van der Waals surface area contributed by atoms with E-state index in [2.05, 4.69) is 24.5 Å². The van der Waals surface area contributed by atoms with Gasteiger partial charge in [0.05, 0.1) is 33.4 Å². The molecular weight excluding hydrogens is 680 g/mol. The van der Waals surface area contributed by atoms with Crippen LogP contribution in [0.5, 0.6) is 0 Å². The standard InChI is InChI=1S/C34H18F5N6P3/c1-11-13(3)21(29(37)27(35)15(11)5-40)17(7-42)23-24(18(8-43)22-14(4)12(2)16(6-41)33(47)34(22)48)25(23)19(9-44)26-30(38)28(36)20(10-45)32(46)31(26)39/h46-48H2,1-4H3/b23-17+,24-18-,25-19?. The van der Waals surface area contributed by atoms with Gasteiger partial charge in [-0.3, -0.25) is 0 Å². The first kappa shape index (κ1) is 35.6. The third-order valence-corrected chi connectivity index (χ3v) is 10.4. The van der Waals surface area contributed by atoms with Gasteiger partial charge < -0.3 is 0 Å². The number of allylic oxidation sites excluding steroid dienone is 6. The van der Waals surface area contributed by atoms with E-state index in [1.807, 2.05) is 6.07 Å². The SMILES string of the molecule is Cc1c(C)c(/C(C#N)=C2/C(=C(C#N)c3c(F)c(F)c(C#N)c(P)c3F)/C2=C(/C#N)c2c(C)c(C)c(C#N)c(P)c2P)c(F)c(F)c1C#N. The van der Waals surface area contributed by atoms with Crippen molar-refractivity contribution in [1.29, 1.82) is 31.6 Å². The molecule has 3 aromatic rings. The first-order valence-corrected chi connectivity index (χ1v) is 15.1. The van der Waals surface area contributed by atoms with Crippen molar-refractivity contribution in [3.63, 3.8) is 0 Å². The average molecular weight is 698 g/mol. The Morgan fingerprint density at radius 3 is 1.25 bits per heavy atom. The summed E-state index contributed by atoms with van der Waals surface area (Å²) in [5, 5.41) is 59.6. The van der Waals surface area contributed by atoms with Crippen LogP contribution in [0.3, 0.4) is 0 Å². The third kappa shape index (κ3) is 5.07. The summed E-state index contributed by atoms with van der Waals surface area (Å²) in [6.45, 7) is 5.83. The van der Waals surface area contributed by atoms with Crippen LogP contribution in [0, 0.1) is 125 Å². The van der Waals surface area contributed by atoms with Crippen LogP contribution in [-0.4, -0.2) is 0 Å². The molecule has 0 amide bonds. The summed E-state index contributed by atoms with van der Waals surface area (Å²) in [7, 11) is 6.53. The Bertz CT molecular complexity index is 2070. The molecule has 0 radical (unpaired) electrons. The Morgan fingerprint density at radius 2 is 0.792 bits per heavy atom. The number of halogens is 5. The molecule has 0 aromatic heterocycles. The summed E-state index contributed by atoms with van der Waals surface area (Å²) in [6, 6.07) is 10.3. The van der Waals surface area contributed by atoms with E-state index in [9.17, 15) is 31.6 Å². The highest BCUT2D eigenvalue weighted by molar-refractivity contribution is 7.36. The van der Waals surface area contributed by atoms with Gasteiger partial charge >= 0.3 is 0 Å². The lowest BCUT2D eigenvalue weighted by atomic mass is 9.91. The Kier molecular flexibility index (Phi) is 9.72. The fourth-order valence-electron chi connectivity index (χ4n) is 5.52. The van der Waals surface area contributed by atoms with Crippen molar-refractivity contribution in [2.75, 3.05) is 0 Å². The lowest BCUT2D eigenvalue weighted by Gasteiger charge is -2.16. The van der Waals surface area contributed by atoms with Crippen molar-refractivity contribution in [1.82, 2.24) is 0 Å². The van der Waals surface area contributed by atoms with Crippen molar-refractivity contribution < 1.29 is 22.0 Å². The normalized spacial score (nSPS) is 14.9. The lowest BCUT2D eigenvalue weighted by molar-refractivity contribution is 0.492. The maximum absolute atomic E-state index is 15.7. The number of nitriles is 6. The minimum atomic E-state index is -1.91. The molecule has 1 aliphatic rings. The van der Waals surface area contributed by atoms with Crippen molar-refractivity contribution in [3.8, 4) is 36.4 Å². The minimum Gasteiger partial charge on any atom is -0.205 e. The molecule has 4 rings (SSSR count). The quantitative estimate of drug-likeness (QED) is 0.143. The number of nitrogens with zero attached hydrogens (tertiary/aromatic N) is 6. The van der Waals surface area contributed by atoms with Gasteiger partial charge in [-0.25, -0.2) is 22.0 Å². The first-order valence-electron chi connectivity index (χ1n) is 13.4. The maximum atomic E-state index is 15.7. The van der Waals surface area contributed by atoms with E-state index in [1.165, 1.54) is 19.9 Å². The van der Waals surface area contributed by atoms with Crippen LogP contribution >= 0.6 is 27.7 Å². The number of hydrogen-bond acceptors (Lipinski definition) is 6.